The molecule has 21 heavy (non-hydrogen) atoms. The smallest absolute Gasteiger partial charge is 0.248 e. The summed E-state index contributed by atoms with van der Waals surface area (Å²) in [7, 11) is 0.567. The van der Waals surface area contributed by atoms with Gasteiger partial charge in [0.2, 0.25) is 10.0 Å². The molecule has 2 N–H and O–H groups in total. The zero-order valence-corrected chi connectivity index (χ0v) is 13.8. The van der Waals surface area contributed by atoms with Gasteiger partial charge in [0.25, 0.3) is 0 Å². The summed E-state index contributed by atoms with van der Waals surface area (Å²) < 4.78 is 28.4. The van der Waals surface area contributed by atoms with E-state index in [0.29, 0.717) is 25.6 Å². The van der Waals surface area contributed by atoms with Crippen molar-refractivity contribution in [2.24, 2.45) is 5.92 Å². The molecule has 1 aliphatic rings. The number of nitrogens with two attached hydrogens (primary N) is 1. The maximum Gasteiger partial charge on any atom is 0.248 e. The maximum atomic E-state index is 12.6. The summed E-state index contributed by atoms with van der Waals surface area (Å²) in [6, 6.07) is 0. The van der Waals surface area contributed by atoms with Gasteiger partial charge in [-0.1, -0.05) is 0 Å². The Kier molecular flexibility index (Phi) is 4.90. The average Bonchev–Trinajstić information content (AvgIpc) is 2.81. The third-order valence-electron chi connectivity index (χ3n) is 3.89. The predicted octanol–water partition coefficient (Wildman–Crippen LogP) is 0.448. The number of aryl methyl sites for hydroxylation is 1. The van der Waals surface area contributed by atoms with E-state index in [1.807, 2.05) is 21.0 Å². The number of piperidine rings is 1. The molecule has 1 fully saturated rings. The number of aromatic nitrogens is 2. The lowest BCUT2D eigenvalue weighted by Gasteiger charge is -2.32. The van der Waals surface area contributed by atoms with Crippen LogP contribution in [0.2, 0.25) is 0 Å². The van der Waals surface area contributed by atoms with Gasteiger partial charge in [0.05, 0.1) is 0 Å². The number of hydrogen-bond donors (Lipinski definition) is 1. The van der Waals surface area contributed by atoms with E-state index in [-0.39, 0.29) is 10.7 Å². The van der Waals surface area contributed by atoms with Crippen LogP contribution >= 0.6 is 0 Å². The van der Waals surface area contributed by atoms with Crippen LogP contribution in [0.5, 0.6) is 0 Å². The van der Waals surface area contributed by atoms with E-state index in [4.69, 9.17) is 5.73 Å². The van der Waals surface area contributed by atoms with Crippen LogP contribution in [0.4, 0.5) is 5.82 Å². The predicted molar refractivity (Wildman–Crippen MR) is 82.4 cm³/mol. The zero-order chi connectivity index (χ0) is 15.6. The molecule has 0 unspecified atom stereocenters. The van der Waals surface area contributed by atoms with E-state index in [1.165, 1.54) is 10.5 Å². The van der Waals surface area contributed by atoms with Crippen LogP contribution in [0, 0.1) is 5.92 Å². The molecule has 0 bridgehead atoms. The van der Waals surface area contributed by atoms with Crippen molar-refractivity contribution >= 4 is 15.8 Å². The summed E-state index contributed by atoms with van der Waals surface area (Å²) in [6.07, 6.45) is 3.30. The minimum atomic E-state index is -3.52. The fourth-order valence-electron chi connectivity index (χ4n) is 2.77. The van der Waals surface area contributed by atoms with E-state index in [9.17, 15) is 8.42 Å². The van der Waals surface area contributed by atoms with Gasteiger partial charge in [-0.2, -0.15) is 9.40 Å². The second-order valence-corrected chi connectivity index (χ2v) is 7.75. The van der Waals surface area contributed by atoms with Crippen molar-refractivity contribution < 1.29 is 8.42 Å². The Bertz CT molecular complexity index is 573. The molecule has 2 rings (SSSR count). The first-order chi connectivity index (χ1) is 9.84. The minimum Gasteiger partial charge on any atom is -0.381 e. The molecular weight excluding hydrogens is 290 g/mol. The van der Waals surface area contributed by atoms with Crippen LogP contribution in [0.3, 0.4) is 0 Å². The molecule has 8 heteroatoms. The van der Waals surface area contributed by atoms with Crippen LogP contribution in [-0.2, 0) is 16.6 Å². The fraction of sp³-hybridized carbons (Fsp3) is 0.769. The molecule has 2 heterocycles. The summed E-state index contributed by atoms with van der Waals surface area (Å²) in [5.74, 6) is 0.648. The summed E-state index contributed by atoms with van der Waals surface area (Å²) in [4.78, 5) is 2.29. The van der Waals surface area contributed by atoms with Crippen molar-refractivity contribution in [1.29, 1.82) is 0 Å². The van der Waals surface area contributed by atoms with Gasteiger partial charge in [0.1, 0.15) is 4.90 Å². The Balaban J connectivity index is 2.09. The standard InChI is InChI=1S/C13H25N5O2S/c1-4-17-10-12(13(14)15-17)21(19,20)18-7-5-11(6-8-18)9-16(2)3/h10-11H,4-9H2,1-3H3,(H2,14,15). The van der Waals surface area contributed by atoms with Gasteiger partial charge >= 0.3 is 0 Å². The second kappa shape index (κ2) is 6.33. The molecule has 0 amide bonds. The molecule has 120 valence electrons. The minimum absolute atomic E-state index is 0.0901. The van der Waals surface area contributed by atoms with Crippen molar-refractivity contribution in [3.8, 4) is 0 Å². The van der Waals surface area contributed by atoms with Crippen molar-refractivity contribution in [3.05, 3.63) is 6.20 Å². The van der Waals surface area contributed by atoms with E-state index >= 15 is 0 Å². The number of rotatable bonds is 5. The highest BCUT2D eigenvalue weighted by atomic mass is 32.2. The second-order valence-electron chi connectivity index (χ2n) is 5.84. The van der Waals surface area contributed by atoms with Crippen molar-refractivity contribution in [1.82, 2.24) is 19.0 Å². The van der Waals surface area contributed by atoms with Gasteiger partial charge in [0, 0.05) is 32.4 Å². The summed E-state index contributed by atoms with van der Waals surface area (Å²) in [6.45, 7) is 4.61. The molecule has 0 atom stereocenters. The number of nitrogen functional groups attached to an aromatic ring is 1. The number of hydrogen-bond acceptors (Lipinski definition) is 5. The first-order valence-corrected chi connectivity index (χ1v) is 8.76. The summed E-state index contributed by atoms with van der Waals surface area (Å²) in [5.41, 5.74) is 5.76. The molecule has 1 aromatic rings. The molecule has 0 saturated carbocycles. The normalized spacial score (nSPS) is 18.5. The number of anilines is 1. The Labute approximate surface area is 126 Å². The summed E-state index contributed by atoms with van der Waals surface area (Å²) >= 11 is 0. The van der Waals surface area contributed by atoms with Gasteiger partial charge in [-0.25, -0.2) is 8.42 Å². The molecule has 0 radical (unpaired) electrons. The molecule has 0 aliphatic carbocycles. The average molecular weight is 315 g/mol. The molecular formula is C13H25N5O2S. The van der Waals surface area contributed by atoms with Crippen molar-refractivity contribution in [3.63, 3.8) is 0 Å². The van der Waals surface area contributed by atoms with Gasteiger partial charge in [0.15, 0.2) is 5.82 Å². The molecule has 7 nitrogen and oxygen atoms in total. The van der Waals surface area contributed by atoms with Crippen molar-refractivity contribution in [2.45, 2.75) is 31.2 Å². The van der Waals surface area contributed by atoms with Crippen LogP contribution in [-0.4, -0.2) is 61.1 Å². The highest BCUT2D eigenvalue weighted by molar-refractivity contribution is 7.89. The topological polar surface area (TPSA) is 84.5 Å². The maximum absolute atomic E-state index is 12.6. The monoisotopic (exact) mass is 315 g/mol. The Morgan fingerprint density at radius 3 is 2.48 bits per heavy atom. The first kappa shape index (κ1) is 16.3. The van der Waals surface area contributed by atoms with Gasteiger partial charge < -0.3 is 10.6 Å². The van der Waals surface area contributed by atoms with Crippen LogP contribution < -0.4 is 5.73 Å². The van der Waals surface area contributed by atoms with Gasteiger partial charge in [-0.05, 0) is 39.8 Å². The highest BCUT2D eigenvalue weighted by Crippen LogP contribution is 2.26. The SMILES string of the molecule is CCn1cc(S(=O)(=O)N2CCC(CN(C)C)CC2)c(N)n1. The zero-order valence-electron chi connectivity index (χ0n) is 13.0. The third-order valence-corrected chi connectivity index (χ3v) is 5.81. The lowest BCUT2D eigenvalue weighted by atomic mass is 9.98. The lowest BCUT2D eigenvalue weighted by Crippen LogP contribution is -2.40. The van der Waals surface area contributed by atoms with Crippen LogP contribution in [0.25, 0.3) is 0 Å². The summed E-state index contributed by atoms with van der Waals surface area (Å²) in [5, 5.41) is 4.03. The molecule has 0 aromatic carbocycles. The van der Waals surface area contributed by atoms with E-state index in [0.717, 1.165) is 19.4 Å². The molecule has 0 spiro atoms. The van der Waals surface area contributed by atoms with Gasteiger partial charge in [-0.15, -0.1) is 0 Å². The van der Waals surface area contributed by atoms with E-state index in [1.54, 1.807) is 4.68 Å². The van der Waals surface area contributed by atoms with Crippen LogP contribution in [0.15, 0.2) is 11.1 Å². The Morgan fingerprint density at radius 1 is 1.38 bits per heavy atom. The van der Waals surface area contributed by atoms with Crippen LogP contribution in [0.1, 0.15) is 19.8 Å². The van der Waals surface area contributed by atoms with E-state index in [2.05, 4.69) is 10.00 Å². The Morgan fingerprint density at radius 2 is 2.00 bits per heavy atom. The molecule has 1 aliphatic heterocycles. The molecule has 1 aromatic heterocycles. The lowest BCUT2D eigenvalue weighted by molar-refractivity contribution is 0.225. The van der Waals surface area contributed by atoms with Gasteiger partial charge in [-0.3, -0.25) is 4.68 Å². The first-order valence-electron chi connectivity index (χ1n) is 7.32. The largest absolute Gasteiger partial charge is 0.381 e. The van der Waals surface area contributed by atoms with Crippen molar-refractivity contribution in [2.75, 3.05) is 39.5 Å². The van der Waals surface area contributed by atoms with E-state index < -0.39 is 10.0 Å². The quantitative estimate of drug-likeness (QED) is 0.852. The Hall–Kier alpha value is -1.12. The fourth-order valence-corrected chi connectivity index (χ4v) is 4.30. The number of sulfonamides is 1. The third kappa shape index (κ3) is 3.56. The highest BCUT2D eigenvalue weighted by Gasteiger charge is 2.32. The number of nitrogens with zero attached hydrogens (tertiary/aromatic N) is 4. The molecule has 1 saturated heterocycles.